The first-order valence-electron chi connectivity index (χ1n) is 9.40. The maximum Gasteiger partial charge on any atom is 0.211 e. The molecule has 0 atom stereocenters. The minimum Gasteiger partial charge on any atom is -0.340 e. The Hall–Kier alpha value is -2.84. The second kappa shape index (κ2) is 7.53. The summed E-state index contributed by atoms with van der Waals surface area (Å²) >= 11 is 0. The highest BCUT2D eigenvalue weighted by Crippen LogP contribution is 2.29. The lowest BCUT2D eigenvalue weighted by molar-refractivity contribution is 0.388. The molecule has 0 spiro atoms. The maximum absolute atomic E-state index is 11.9. The van der Waals surface area contributed by atoms with Crippen molar-refractivity contribution in [3.8, 4) is 11.3 Å². The highest BCUT2D eigenvalue weighted by Gasteiger charge is 2.26. The summed E-state index contributed by atoms with van der Waals surface area (Å²) in [6.45, 7) is 4.79. The summed E-state index contributed by atoms with van der Waals surface area (Å²) in [5.74, 6) is 0.717. The molecule has 8 heteroatoms. The van der Waals surface area contributed by atoms with Crippen molar-refractivity contribution in [2.24, 2.45) is 0 Å². The van der Waals surface area contributed by atoms with Crippen LogP contribution in [0.15, 0.2) is 42.9 Å². The number of sulfonamides is 1. The summed E-state index contributed by atoms with van der Waals surface area (Å²) in [5, 5.41) is 3.39. The number of benzene rings is 1. The Bertz CT molecular complexity index is 1160. The van der Waals surface area contributed by atoms with Crippen LogP contribution in [0.5, 0.6) is 0 Å². The quantitative estimate of drug-likeness (QED) is 0.712. The fraction of sp³-hybridized carbons (Fsp3) is 0.286. The van der Waals surface area contributed by atoms with Crippen LogP contribution in [0, 0.1) is 13.8 Å². The molecule has 7 nitrogen and oxygen atoms in total. The van der Waals surface area contributed by atoms with Gasteiger partial charge in [0, 0.05) is 29.6 Å². The predicted octanol–water partition coefficient (Wildman–Crippen LogP) is 3.22. The van der Waals surface area contributed by atoms with Gasteiger partial charge in [-0.15, -0.1) is 0 Å². The minimum absolute atomic E-state index is 0.276. The fourth-order valence-corrected chi connectivity index (χ4v) is 4.24. The SMILES string of the molecule is Cc1ccc(-c2cc(Nc3ncnc4c3CCN(S(C)(=O)=O)C4)ccc2C)nc1. The Morgan fingerprint density at radius 1 is 1.07 bits per heavy atom. The molecule has 0 bridgehead atoms. The molecule has 0 saturated heterocycles. The maximum atomic E-state index is 11.9. The van der Waals surface area contributed by atoms with Crippen molar-refractivity contribution in [2.45, 2.75) is 26.8 Å². The molecule has 29 heavy (non-hydrogen) atoms. The van der Waals surface area contributed by atoms with E-state index in [1.165, 1.54) is 16.9 Å². The summed E-state index contributed by atoms with van der Waals surface area (Å²) in [4.78, 5) is 13.3. The number of fused-ring (bicyclic) bond motifs is 1. The van der Waals surface area contributed by atoms with E-state index in [-0.39, 0.29) is 6.54 Å². The number of hydrogen-bond acceptors (Lipinski definition) is 6. The predicted molar refractivity (Wildman–Crippen MR) is 113 cm³/mol. The number of rotatable bonds is 4. The second-order valence-corrected chi connectivity index (χ2v) is 9.35. The Morgan fingerprint density at radius 2 is 1.90 bits per heavy atom. The molecular formula is C21H23N5O2S. The van der Waals surface area contributed by atoms with Gasteiger partial charge in [-0.1, -0.05) is 12.1 Å². The summed E-state index contributed by atoms with van der Waals surface area (Å²) < 4.78 is 25.2. The molecule has 0 unspecified atom stereocenters. The molecular weight excluding hydrogens is 386 g/mol. The zero-order chi connectivity index (χ0) is 20.6. The average Bonchev–Trinajstić information content (AvgIpc) is 2.69. The average molecular weight is 410 g/mol. The first-order chi connectivity index (χ1) is 13.8. The molecule has 0 amide bonds. The number of nitrogens with zero attached hydrogens (tertiary/aromatic N) is 4. The summed E-state index contributed by atoms with van der Waals surface area (Å²) in [6.07, 6.45) is 5.14. The van der Waals surface area contributed by atoms with Crippen LogP contribution in [-0.2, 0) is 23.0 Å². The minimum atomic E-state index is -3.24. The molecule has 2 aromatic heterocycles. The van der Waals surface area contributed by atoms with Gasteiger partial charge in [0.15, 0.2) is 0 Å². The highest BCUT2D eigenvalue weighted by atomic mass is 32.2. The number of hydrogen-bond donors (Lipinski definition) is 1. The molecule has 0 fully saturated rings. The van der Waals surface area contributed by atoms with Crippen LogP contribution in [0.3, 0.4) is 0 Å². The van der Waals surface area contributed by atoms with Gasteiger partial charge in [0.25, 0.3) is 0 Å². The first kappa shape index (κ1) is 19.5. The second-order valence-electron chi connectivity index (χ2n) is 7.37. The smallest absolute Gasteiger partial charge is 0.211 e. The lowest BCUT2D eigenvalue weighted by Crippen LogP contribution is -2.36. The summed E-state index contributed by atoms with van der Waals surface area (Å²) in [5.41, 5.74) is 6.84. The van der Waals surface area contributed by atoms with Crippen LogP contribution in [0.25, 0.3) is 11.3 Å². The van der Waals surface area contributed by atoms with E-state index in [9.17, 15) is 8.42 Å². The van der Waals surface area contributed by atoms with Crippen molar-refractivity contribution in [1.29, 1.82) is 0 Å². The van der Waals surface area contributed by atoms with E-state index >= 15 is 0 Å². The van der Waals surface area contributed by atoms with Crippen LogP contribution in [0.1, 0.15) is 22.4 Å². The number of anilines is 2. The first-order valence-corrected chi connectivity index (χ1v) is 11.2. The van der Waals surface area contributed by atoms with Crippen LogP contribution in [0.2, 0.25) is 0 Å². The van der Waals surface area contributed by atoms with E-state index < -0.39 is 10.0 Å². The lowest BCUT2D eigenvalue weighted by atomic mass is 10.0. The molecule has 1 aliphatic heterocycles. The monoisotopic (exact) mass is 409 g/mol. The van der Waals surface area contributed by atoms with Crippen LogP contribution in [0.4, 0.5) is 11.5 Å². The van der Waals surface area contributed by atoms with E-state index in [1.807, 2.05) is 25.3 Å². The Labute approximate surface area is 170 Å². The van der Waals surface area contributed by atoms with E-state index in [0.717, 1.165) is 45.1 Å². The zero-order valence-corrected chi connectivity index (χ0v) is 17.5. The summed E-state index contributed by atoms with van der Waals surface area (Å²) in [6, 6.07) is 10.2. The number of aryl methyl sites for hydroxylation is 2. The molecule has 3 aromatic rings. The van der Waals surface area contributed by atoms with Gasteiger partial charge in [-0.05, 0) is 49.6 Å². The van der Waals surface area contributed by atoms with E-state index in [0.29, 0.717) is 13.0 Å². The molecule has 3 heterocycles. The Morgan fingerprint density at radius 3 is 2.62 bits per heavy atom. The number of nitrogens with one attached hydrogen (secondary N) is 1. The normalized spacial score (nSPS) is 14.4. The number of aromatic nitrogens is 3. The topological polar surface area (TPSA) is 88.1 Å². The molecule has 0 radical (unpaired) electrons. The molecule has 150 valence electrons. The van der Waals surface area contributed by atoms with Crippen molar-refractivity contribution in [3.63, 3.8) is 0 Å². The largest absolute Gasteiger partial charge is 0.340 e. The van der Waals surface area contributed by atoms with Gasteiger partial charge in [0.05, 0.1) is 24.2 Å². The van der Waals surface area contributed by atoms with Crippen LogP contribution in [-0.4, -0.2) is 40.5 Å². The van der Waals surface area contributed by atoms with E-state index in [1.54, 1.807) is 0 Å². The molecule has 0 aliphatic carbocycles. The Balaban J connectivity index is 1.64. The third kappa shape index (κ3) is 4.13. The molecule has 1 aliphatic rings. The lowest BCUT2D eigenvalue weighted by Gasteiger charge is -2.27. The van der Waals surface area contributed by atoms with Gasteiger partial charge in [0.2, 0.25) is 10.0 Å². The third-order valence-corrected chi connectivity index (χ3v) is 6.38. The summed E-state index contributed by atoms with van der Waals surface area (Å²) in [7, 11) is -3.24. The van der Waals surface area contributed by atoms with Crippen molar-refractivity contribution in [1.82, 2.24) is 19.3 Å². The van der Waals surface area contributed by atoms with Gasteiger partial charge < -0.3 is 5.32 Å². The Kier molecular flexibility index (Phi) is 5.06. The third-order valence-electron chi connectivity index (χ3n) is 5.13. The van der Waals surface area contributed by atoms with Gasteiger partial charge >= 0.3 is 0 Å². The van der Waals surface area contributed by atoms with Gasteiger partial charge in [-0.3, -0.25) is 4.98 Å². The van der Waals surface area contributed by atoms with Crippen molar-refractivity contribution in [2.75, 3.05) is 18.1 Å². The van der Waals surface area contributed by atoms with Gasteiger partial charge in [0.1, 0.15) is 12.1 Å². The molecule has 1 N–H and O–H groups in total. The van der Waals surface area contributed by atoms with Crippen molar-refractivity contribution in [3.05, 3.63) is 65.2 Å². The zero-order valence-electron chi connectivity index (χ0n) is 16.7. The standard InChI is InChI=1S/C21H23N5O2S/c1-14-4-7-19(22-11-14)18-10-16(6-5-15(18)2)25-21-17-8-9-26(29(3,27)28)12-20(17)23-13-24-21/h4-7,10-11,13H,8-9,12H2,1-3H3,(H,23,24,25). The van der Waals surface area contributed by atoms with Gasteiger partial charge in [-0.2, -0.15) is 4.31 Å². The van der Waals surface area contributed by atoms with Crippen molar-refractivity contribution < 1.29 is 8.42 Å². The highest BCUT2D eigenvalue weighted by molar-refractivity contribution is 7.88. The fourth-order valence-electron chi connectivity index (χ4n) is 3.46. The molecule has 1 aromatic carbocycles. The van der Waals surface area contributed by atoms with Crippen LogP contribution >= 0.6 is 0 Å². The van der Waals surface area contributed by atoms with Gasteiger partial charge in [-0.25, -0.2) is 18.4 Å². The molecule has 0 saturated carbocycles. The van der Waals surface area contributed by atoms with E-state index in [2.05, 4.69) is 45.4 Å². The number of pyridine rings is 1. The van der Waals surface area contributed by atoms with Crippen LogP contribution < -0.4 is 5.32 Å². The van der Waals surface area contributed by atoms with Crippen molar-refractivity contribution >= 4 is 21.5 Å². The van der Waals surface area contributed by atoms with E-state index in [4.69, 9.17) is 0 Å². The molecule has 4 rings (SSSR count).